The fourth-order valence-electron chi connectivity index (χ4n) is 6.67. The average molecular weight is 442 g/mol. The lowest BCUT2D eigenvalue weighted by Gasteiger charge is -2.33. The Morgan fingerprint density at radius 2 is 1.62 bits per heavy atom. The van der Waals surface area contributed by atoms with Crippen molar-refractivity contribution in [3.05, 3.63) is 24.8 Å². The molecule has 2 bridgehead atoms. The van der Waals surface area contributed by atoms with Gasteiger partial charge < -0.3 is 20.3 Å². The van der Waals surface area contributed by atoms with E-state index in [-0.39, 0.29) is 36.3 Å². The van der Waals surface area contributed by atoms with Gasteiger partial charge in [-0.15, -0.1) is 6.58 Å². The van der Waals surface area contributed by atoms with Crippen LogP contribution in [0.4, 0.5) is 0 Å². The number of hydrogen-bond acceptors (Lipinski definition) is 4. The second-order valence-corrected chi connectivity index (χ2v) is 10.2. The highest BCUT2D eigenvalue weighted by Gasteiger charge is 2.72. The Balaban J connectivity index is 1.39. The van der Waals surface area contributed by atoms with Crippen LogP contribution in [0.1, 0.15) is 64.2 Å². The van der Waals surface area contributed by atoms with Gasteiger partial charge in [0.05, 0.1) is 17.9 Å². The maximum Gasteiger partial charge on any atom is 0.246 e. The van der Waals surface area contributed by atoms with Crippen molar-refractivity contribution in [3.63, 3.8) is 0 Å². The molecule has 2 N–H and O–H groups in total. The summed E-state index contributed by atoms with van der Waals surface area (Å²) in [6.07, 6.45) is 15.7. The Morgan fingerprint density at radius 3 is 2.22 bits per heavy atom. The molecule has 2 saturated carbocycles. The lowest BCUT2D eigenvalue weighted by molar-refractivity contribution is -0.141. The number of nitrogens with one attached hydrogen (secondary N) is 2. The quantitative estimate of drug-likeness (QED) is 0.619. The Labute approximate surface area is 190 Å². The van der Waals surface area contributed by atoms with Crippen molar-refractivity contribution in [3.8, 4) is 0 Å². The smallest absolute Gasteiger partial charge is 0.246 e. The van der Waals surface area contributed by atoms with Gasteiger partial charge in [0.2, 0.25) is 17.7 Å². The molecule has 0 unspecified atom stereocenters. The van der Waals surface area contributed by atoms with Crippen LogP contribution < -0.4 is 10.6 Å². The van der Waals surface area contributed by atoms with Crippen LogP contribution in [0.15, 0.2) is 24.8 Å². The molecule has 3 heterocycles. The van der Waals surface area contributed by atoms with E-state index in [1.54, 1.807) is 11.0 Å². The van der Waals surface area contributed by atoms with Crippen LogP contribution >= 0.6 is 0 Å². The zero-order chi connectivity index (χ0) is 22.3. The van der Waals surface area contributed by atoms with Gasteiger partial charge in [-0.2, -0.15) is 0 Å². The monoisotopic (exact) mass is 441 g/mol. The van der Waals surface area contributed by atoms with E-state index in [2.05, 4.69) is 17.2 Å². The summed E-state index contributed by atoms with van der Waals surface area (Å²) in [5.74, 6) is -1.71. The minimum Gasteiger partial charge on any atom is -0.359 e. The Kier molecular flexibility index (Phi) is 5.86. The molecule has 0 aromatic rings. The molecule has 0 radical (unpaired) electrons. The summed E-state index contributed by atoms with van der Waals surface area (Å²) in [5.41, 5.74) is -1.07. The third-order valence-electron chi connectivity index (χ3n) is 8.15. The number of rotatable bonds is 6. The zero-order valence-electron chi connectivity index (χ0n) is 18.8. The molecule has 0 aromatic heterocycles. The fourth-order valence-corrected chi connectivity index (χ4v) is 6.67. The standard InChI is InChI=1S/C25H35N3O4/c1-2-15-28-21(23(30)27-17-11-7-4-8-12-17)25-14-13-18(32-25)19(20(25)24(28)31)22(29)26-16-9-5-3-6-10-16/h2,13-14,16-21H,1,3-12,15H2,(H,26,29)(H,27,30)/t18-,19+,20-,21-,25-/m1/s1. The number of carbonyl (C=O) groups excluding carboxylic acids is 3. The van der Waals surface area contributed by atoms with Crippen LogP contribution in [0.25, 0.3) is 0 Å². The summed E-state index contributed by atoms with van der Waals surface area (Å²) in [6.45, 7) is 4.05. The van der Waals surface area contributed by atoms with Crippen molar-refractivity contribution in [1.29, 1.82) is 0 Å². The number of nitrogens with zero attached hydrogens (tertiary/aromatic N) is 1. The van der Waals surface area contributed by atoms with Crippen molar-refractivity contribution in [2.24, 2.45) is 11.8 Å². The van der Waals surface area contributed by atoms with Gasteiger partial charge in [-0.05, 0) is 25.7 Å². The number of hydrogen-bond donors (Lipinski definition) is 2. The lowest BCUT2D eigenvalue weighted by atomic mass is 9.74. The summed E-state index contributed by atoms with van der Waals surface area (Å²) in [4.78, 5) is 42.0. The van der Waals surface area contributed by atoms with E-state index in [1.807, 2.05) is 12.2 Å². The summed E-state index contributed by atoms with van der Waals surface area (Å²) >= 11 is 0. The molecule has 32 heavy (non-hydrogen) atoms. The molecule has 5 rings (SSSR count). The maximum absolute atomic E-state index is 13.6. The summed E-state index contributed by atoms with van der Waals surface area (Å²) in [5, 5.41) is 6.38. The number of amides is 3. The van der Waals surface area contributed by atoms with Gasteiger partial charge in [0.1, 0.15) is 11.6 Å². The second-order valence-electron chi connectivity index (χ2n) is 10.2. The first-order valence-corrected chi connectivity index (χ1v) is 12.4. The number of fused-ring (bicyclic) bond motifs is 1. The molecule has 1 spiro atoms. The Hall–Kier alpha value is -2.15. The predicted octanol–water partition coefficient (Wildman–Crippen LogP) is 2.22. The van der Waals surface area contributed by atoms with Crippen molar-refractivity contribution >= 4 is 17.7 Å². The van der Waals surface area contributed by atoms with Crippen molar-refractivity contribution < 1.29 is 19.1 Å². The molecule has 5 aliphatic rings. The summed E-state index contributed by atoms with van der Waals surface area (Å²) < 4.78 is 6.35. The van der Waals surface area contributed by atoms with E-state index < -0.39 is 29.6 Å². The van der Waals surface area contributed by atoms with Gasteiger partial charge in [0.25, 0.3) is 0 Å². The van der Waals surface area contributed by atoms with E-state index in [0.29, 0.717) is 0 Å². The first kappa shape index (κ1) is 21.7. The molecule has 0 aromatic carbocycles. The SMILES string of the molecule is C=CCN1C(=O)[C@H]2[C@@H](C(=O)NC3CCCCC3)[C@H]3C=C[C@]2(O3)[C@H]1C(=O)NC1CCCCC1. The van der Waals surface area contributed by atoms with Gasteiger partial charge in [-0.3, -0.25) is 14.4 Å². The average Bonchev–Trinajstić information content (AvgIpc) is 3.43. The lowest BCUT2D eigenvalue weighted by Crippen LogP contribution is -2.56. The predicted molar refractivity (Wildman–Crippen MR) is 119 cm³/mol. The minimum absolute atomic E-state index is 0.113. The third kappa shape index (κ3) is 3.49. The van der Waals surface area contributed by atoms with Crippen LogP contribution in [0.5, 0.6) is 0 Å². The van der Waals surface area contributed by atoms with Gasteiger partial charge in [0, 0.05) is 18.6 Å². The van der Waals surface area contributed by atoms with Crippen LogP contribution in [0, 0.1) is 11.8 Å². The van der Waals surface area contributed by atoms with Crippen molar-refractivity contribution in [2.75, 3.05) is 6.54 Å². The van der Waals surface area contributed by atoms with E-state index in [4.69, 9.17) is 4.74 Å². The molecule has 2 aliphatic carbocycles. The molecule has 3 amide bonds. The number of ether oxygens (including phenoxy) is 1. The topological polar surface area (TPSA) is 87.7 Å². The number of likely N-dealkylation sites (tertiary alicyclic amines) is 1. The Morgan fingerprint density at radius 1 is 1.03 bits per heavy atom. The van der Waals surface area contributed by atoms with E-state index in [0.717, 1.165) is 51.4 Å². The maximum atomic E-state index is 13.6. The van der Waals surface area contributed by atoms with Crippen molar-refractivity contribution in [1.82, 2.24) is 15.5 Å². The molecule has 4 fully saturated rings. The van der Waals surface area contributed by atoms with Crippen LogP contribution in [0.3, 0.4) is 0 Å². The van der Waals surface area contributed by atoms with Gasteiger partial charge in [-0.25, -0.2) is 0 Å². The highest BCUT2D eigenvalue weighted by Crippen LogP contribution is 2.55. The molecule has 7 heteroatoms. The van der Waals surface area contributed by atoms with E-state index >= 15 is 0 Å². The molecular formula is C25H35N3O4. The zero-order valence-corrected chi connectivity index (χ0v) is 18.8. The third-order valence-corrected chi connectivity index (χ3v) is 8.15. The molecule has 2 saturated heterocycles. The Bertz CT molecular complexity index is 814. The number of carbonyl (C=O) groups is 3. The molecular weight excluding hydrogens is 406 g/mol. The molecule has 3 aliphatic heterocycles. The largest absolute Gasteiger partial charge is 0.359 e. The normalized spacial score (nSPS) is 36.9. The fraction of sp³-hybridized carbons (Fsp3) is 0.720. The first-order chi connectivity index (χ1) is 15.5. The highest BCUT2D eigenvalue weighted by atomic mass is 16.5. The van der Waals surface area contributed by atoms with Crippen LogP contribution in [-0.2, 0) is 19.1 Å². The van der Waals surface area contributed by atoms with E-state index in [1.165, 1.54) is 12.8 Å². The summed E-state index contributed by atoms with van der Waals surface area (Å²) in [6, 6.07) is -0.462. The summed E-state index contributed by atoms with van der Waals surface area (Å²) in [7, 11) is 0. The van der Waals surface area contributed by atoms with Gasteiger partial charge in [0.15, 0.2) is 0 Å². The second kappa shape index (κ2) is 8.65. The molecule has 174 valence electrons. The van der Waals surface area contributed by atoms with Crippen LogP contribution in [0.2, 0.25) is 0 Å². The van der Waals surface area contributed by atoms with E-state index in [9.17, 15) is 14.4 Å². The van der Waals surface area contributed by atoms with Crippen molar-refractivity contribution in [2.45, 2.75) is 94.0 Å². The van der Waals surface area contributed by atoms with Gasteiger partial charge in [-0.1, -0.05) is 56.8 Å². The first-order valence-electron chi connectivity index (χ1n) is 12.4. The van der Waals surface area contributed by atoms with Gasteiger partial charge >= 0.3 is 0 Å². The minimum atomic E-state index is -1.07. The molecule has 7 nitrogen and oxygen atoms in total. The van der Waals surface area contributed by atoms with Crippen LogP contribution in [-0.4, -0.2) is 59.0 Å². The molecule has 5 atom stereocenters. The highest BCUT2D eigenvalue weighted by molar-refractivity contribution is 6.00.